The van der Waals surface area contributed by atoms with Crippen LogP contribution >= 0.6 is 11.6 Å². The molecule has 1 aliphatic heterocycles. The van der Waals surface area contributed by atoms with Crippen LogP contribution < -0.4 is 49.4 Å². The van der Waals surface area contributed by atoms with Gasteiger partial charge in [-0.1, -0.05) is 22.8 Å². The van der Waals surface area contributed by atoms with Crippen LogP contribution in [0.1, 0.15) is 29.0 Å². The largest absolute Gasteiger partial charge is 0.493 e. The van der Waals surface area contributed by atoms with Crippen LogP contribution in [0.5, 0.6) is 40.2 Å². The number of carbonyl (C=O) groups excluding carboxylic acids is 1. The highest BCUT2D eigenvalue weighted by Crippen LogP contribution is 2.42. The maximum Gasteiger partial charge on any atom is 0.255 e. The monoisotopic (exact) mass is 716 g/mol. The molecule has 4 aromatic carbocycles. The molecule has 266 valence electrons. The molecule has 0 saturated carbocycles. The number of anilines is 1. The molecule has 0 spiro atoms. The number of halogens is 1. The number of aromatic nitrogens is 1. The van der Waals surface area contributed by atoms with E-state index in [2.05, 4.69) is 21.3 Å². The molecule has 3 N–H and O–H groups in total. The van der Waals surface area contributed by atoms with E-state index in [1.807, 2.05) is 31.2 Å². The first kappa shape index (κ1) is 35.1. The van der Waals surface area contributed by atoms with E-state index in [0.717, 1.165) is 11.1 Å². The van der Waals surface area contributed by atoms with Crippen molar-refractivity contribution in [3.05, 3.63) is 88.9 Å². The molecule has 51 heavy (non-hydrogen) atoms. The average Bonchev–Trinajstić information content (AvgIpc) is 3.66. The lowest BCUT2D eigenvalue weighted by atomic mass is 10.1. The smallest absolute Gasteiger partial charge is 0.255 e. The topological polar surface area (TPSA) is 144 Å². The quantitative estimate of drug-likeness (QED) is 0.103. The summed E-state index contributed by atoms with van der Waals surface area (Å²) in [6.45, 7) is 2.15. The second-order valence-corrected chi connectivity index (χ2v) is 11.9. The van der Waals surface area contributed by atoms with Crippen LogP contribution in [0, 0.1) is 0 Å². The standard InChI is InChI=1S/C37H37ClN4O9/c1-20(19-49-29-12-8-22(14-31(29)45-3)36-39-26-10-9-24(38)17-25(26)37(43)40-36)41-51-32-13-21(7-11-28(32)44-2)30-18-27(42-50-30)23-15-33(46-4)35(48-6)34(16-23)47-5/h7-18,20,36,39,41H,19H2,1-6H3,(H,40,43). The lowest BCUT2D eigenvalue weighted by Gasteiger charge is -2.28. The number of hydroxylamine groups is 1. The van der Waals surface area contributed by atoms with Gasteiger partial charge in [0.15, 0.2) is 40.3 Å². The Morgan fingerprint density at radius 1 is 0.765 bits per heavy atom. The summed E-state index contributed by atoms with van der Waals surface area (Å²) in [5.41, 5.74) is 6.98. The van der Waals surface area contributed by atoms with Gasteiger partial charge in [0, 0.05) is 27.9 Å². The van der Waals surface area contributed by atoms with E-state index in [-0.39, 0.29) is 18.6 Å². The number of hydrogen-bond acceptors (Lipinski definition) is 12. The Morgan fingerprint density at radius 2 is 1.47 bits per heavy atom. The number of hydrogen-bond donors (Lipinski definition) is 3. The molecule has 0 saturated heterocycles. The van der Waals surface area contributed by atoms with Crippen molar-refractivity contribution in [3.63, 3.8) is 0 Å². The number of amides is 1. The summed E-state index contributed by atoms with van der Waals surface area (Å²) in [5.74, 6) is 3.74. The Bertz CT molecular complexity index is 2010. The lowest BCUT2D eigenvalue weighted by Crippen LogP contribution is -2.38. The van der Waals surface area contributed by atoms with Gasteiger partial charge in [0.25, 0.3) is 5.91 Å². The van der Waals surface area contributed by atoms with E-state index in [0.29, 0.717) is 73.5 Å². The fraction of sp³-hybridized carbons (Fsp3) is 0.243. The molecular formula is C37H37ClN4O9. The van der Waals surface area contributed by atoms with Crippen molar-refractivity contribution in [2.45, 2.75) is 19.1 Å². The molecule has 13 nitrogen and oxygen atoms in total. The van der Waals surface area contributed by atoms with Crippen molar-refractivity contribution in [3.8, 4) is 62.8 Å². The van der Waals surface area contributed by atoms with Crippen LogP contribution in [-0.4, -0.2) is 59.3 Å². The maximum atomic E-state index is 12.7. The molecule has 0 aliphatic carbocycles. The van der Waals surface area contributed by atoms with Gasteiger partial charge in [0.2, 0.25) is 5.75 Å². The third-order valence-corrected chi connectivity index (χ3v) is 8.34. The third-order valence-electron chi connectivity index (χ3n) is 8.10. The van der Waals surface area contributed by atoms with E-state index in [4.69, 9.17) is 49.4 Å². The second-order valence-electron chi connectivity index (χ2n) is 11.4. The van der Waals surface area contributed by atoms with Crippen molar-refractivity contribution in [2.75, 3.05) is 47.5 Å². The summed E-state index contributed by atoms with van der Waals surface area (Å²) in [5, 5.41) is 11.0. The third kappa shape index (κ3) is 7.54. The predicted molar refractivity (Wildman–Crippen MR) is 191 cm³/mol. The van der Waals surface area contributed by atoms with Crippen molar-refractivity contribution < 1.29 is 42.6 Å². The Balaban J connectivity index is 1.10. The molecule has 5 aromatic rings. The van der Waals surface area contributed by atoms with Gasteiger partial charge in [0.1, 0.15) is 18.5 Å². The van der Waals surface area contributed by atoms with Crippen LogP contribution in [0.25, 0.3) is 22.6 Å². The van der Waals surface area contributed by atoms with Crippen LogP contribution in [0.15, 0.2) is 77.3 Å². The van der Waals surface area contributed by atoms with Gasteiger partial charge >= 0.3 is 0 Å². The Labute approximate surface area is 299 Å². The summed E-state index contributed by atoms with van der Waals surface area (Å²) in [6, 6.07) is 21.2. The van der Waals surface area contributed by atoms with E-state index in [1.165, 1.54) is 0 Å². The summed E-state index contributed by atoms with van der Waals surface area (Å²) in [6.07, 6.45) is -0.466. The van der Waals surface area contributed by atoms with Crippen LogP contribution in [0.4, 0.5) is 5.69 Å². The number of methoxy groups -OCH3 is 5. The SMILES string of the molecule is COc1cc(C2NC(=O)c3cc(Cl)ccc3N2)ccc1OCC(C)NOc1cc(-c2cc(-c3cc(OC)c(OC)c(OC)c3)no2)ccc1OC. The zero-order valence-electron chi connectivity index (χ0n) is 28.8. The molecule has 0 fully saturated rings. The highest BCUT2D eigenvalue weighted by molar-refractivity contribution is 6.31. The second kappa shape index (κ2) is 15.4. The number of ether oxygens (including phenoxy) is 6. The fourth-order valence-electron chi connectivity index (χ4n) is 5.48. The summed E-state index contributed by atoms with van der Waals surface area (Å²) in [4.78, 5) is 18.7. The van der Waals surface area contributed by atoms with Crippen LogP contribution in [0.3, 0.4) is 0 Å². The number of nitrogens with one attached hydrogen (secondary N) is 3. The van der Waals surface area contributed by atoms with Gasteiger partial charge in [-0.2, -0.15) is 5.48 Å². The predicted octanol–water partition coefficient (Wildman–Crippen LogP) is 6.91. The van der Waals surface area contributed by atoms with E-state index >= 15 is 0 Å². The van der Waals surface area contributed by atoms with Crippen molar-refractivity contribution in [1.29, 1.82) is 0 Å². The highest BCUT2D eigenvalue weighted by atomic mass is 35.5. The normalized spacial score (nSPS) is 14.0. The first-order chi connectivity index (χ1) is 24.7. The number of carbonyl (C=O) groups is 1. The molecule has 1 aliphatic rings. The van der Waals surface area contributed by atoms with Crippen LogP contribution in [0.2, 0.25) is 5.02 Å². The van der Waals surface area contributed by atoms with Gasteiger partial charge < -0.3 is 48.4 Å². The van der Waals surface area contributed by atoms with E-state index in [9.17, 15) is 4.79 Å². The summed E-state index contributed by atoms with van der Waals surface area (Å²) < 4.78 is 39.3. The van der Waals surface area contributed by atoms with Gasteiger partial charge in [-0.25, -0.2) is 0 Å². The highest BCUT2D eigenvalue weighted by Gasteiger charge is 2.26. The number of rotatable bonds is 14. The molecular weight excluding hydrogens is 680 g/mol. The van der Waals surface area contributed by atoms with Crippen molar-refractivity contribution >= 4 is 23.2 Å². The van der Waals surface area contributed by atoms with Crippen molar-refractivity contribution in [1.82, 2.24) is 16.0 Å². The Hall–Kier alpha value is -5.79. The summed E-state index contributed by atoms with van der Waals surface area (Å²) >= 11 is 6.07. The minimum Gasteiger partial charge on any atom is -0.493 e. The van der Waals surface area contributed by atoms with E-state index in [1.54, 1.807) is 84.1 Å². The molecule has 1 amide bonds. The number of benzene rings is 4. The molecule has 6 rings (SSSR count). The van der Waals surface area contributed by atoms with Gasteiger partial charge in [-0.15, -0.1) is 0 Å². The average molecular weight is 717 g/mol. The number of fused-ring (bicyclic) bond motifs is 1. The molecule has 2 heterocycles. The number of nitrogens with zero attached hydrogens (tertiary/aromatic N) is 1. The minimum atomic E-state index is -0.466. The van der Waals surface area contributed by atoms with E-state index < -0.39 is 6.17 Å². The van der Waals surface area contributed by atoms with Crippen molar-refractivity contribution in [2.24, 2.45) is 0 Å². The summed E-state index contributed by atoms with van der Waals surface area (Å²) in [7, 11) is 7.77. The Kier molecular flexibility index (Phi) is 10.6. The molecule has 0 radical (unpaired) electrons. The maximum absolute atomic E-state index is 12.7. The van der Waals surface area contributed by atoms with Crippen LogP contribution in [-0.2, 0) is 0 Å². The molecule has 2 atom stereocenters. The zero-order valence-corrected chi connectivity index (χ0v) is 29.5. The molecule has 1 aromatic heterocycles. The van der Waals surface area contributed by atoms with Gasteiger partial charge in [-0.05, 0) is 73.2 Å². The molecule has 14 heteroatoms. The zero-order chi connectivity index (χ0) is 36.1. The van der Waals surface area contributed by atoms with Gasteiger partial charge in [0.05, 0.1) is 47.2 Å². The fourth-order valence-corrected chi connectivity index (χ4v) is 5.65. The lowest BCUT2D eigenvalue weighted by molar-refractivity contribution is 0.0935. The first-order valence-electron chi connectivity index (χ1n) is 15.8. The Morgan fingerprint density at radius 3 is 2.18 bits per heavy atom. The van der Waals surface area contributed by atoms with Gasteiger partial charge in [-0.3, -0.25) is 4.79 Å². The first-order valence-corrected chi connectivity index (χ1v) is 16.2. The minimum absolute atomic E-state index is 0.223. The molecule has 0 bridgehead atoms. The molecule has 2 unspecified atom stereocenters.